The molecule has 1 aromatic heterocycles. The third-order valence-electron chi connectivity index (χ3n) is 4.00. The lowest BCUT2D eigenvalue weighted by molar-refractivity contribution is -0.722. The Hall–Kier alpha value is -1.38. The average Bonchev–Trinajstić information content (AvgIpc) is 3.00. The lowest BCUT2D eigenvalue weighted by Crippen LogP contribution is -2.42. The van der Waals surface area contributed by atoms with Crippen molar-refractivity contribution >= 4 is 5.97 Å². The molecular weight excluding hydrogens is 214 g/mol. The summed E-state index contributed by atoms with van der Waals surface area (Å²) in [7, 11) is 0. The number of fused-ring (bicyclic) bond motifs is 3. The lowest BCUT2D eigenvalue weighted by atomic mass is 10.1. The van der Waals surface area contributed by atoms with Gasteiger partial charge in [-0.25, -0.2) is 0 Å². The zero-order chi connectivity index (χ0) is 12.0. The van der Waals surface area contributed by atoms with Crippen molar-refractivity contribution in [2.75, 3.05) is 6.61 Å². The lowest BCUT2D eigenvalue weighted by Gasteiger charge is -2.09. The average molecular weight is 232 g/mol. The van der Waals surface area contributed by atoms with Gasteiger partial charge in [0, 0.05) is 17.5 Å². The predicted octanol–water partition coefficient (Wildman–Crippen LogP) is 1.89. The predicted molar refractivity (Wildman–Crippen MR) is 62.5 cm³/mol. The van der Waals surface area contributed by atoms with Gasteiger partial charge in [0.15, 0.2) is 17.9 Å². The van der Waals surface area contributed by atoms with Gasteiger partial charge >= 0.3 is 5.97 Å². The summed E-state index contributed by atoms with van der Waals surface area (Å²) in [5.74, 6) is 1.29. The SMILES string of the molecule is CCOC(=O)CC1C2CC2c2c(C)ccc[n+]21. The maximum Gasteiger partial charge on any atom is 0.312 e. The van der Waals surface area contributed by atoms with Crippen molar-refractivity contribution in [3.05, 3.63) is 29.6 Å². The molecule has 90 valence electrons. The number of esters is 1. The van der Waals surface area contributed by atoms with Crippen LogP contribution in [0.4, 0.5) is 0 Å². The maximum absolute atomic E-state index is 11.6. The van der Waals surface area contributed by atoms with Crippen LogP contribution in [-0.4, -0.2) is 12.6 Å². The first kappa shape index (κ1) is 10.8. The summed E-state index contributed by atoms with van der Waals surface area (Å²) in [6.07, 6.45) is 3.88. The largest absolute Gasteiger partial charge is 0.466 e. The van der Waals surface area contributed by atoms with Crippen LogP contribution in [0.2, 0.25) is 0 Å². The molecule has 0 bridgehead atoms. The van der Waals surface area contributed by atoms with Crippen LogP contribution in [0, 0.1) is 12.8 Å². The van der Waals surface area contributed by atoms with E-state index in [4.69, 9.17) is 4.74 Å². The summed E-state index contributed by atoms with van der Waals surface area (Å²) < 4.78 is 7.36. The van der Waals surface area contributed by atoms with Crippen LogP contribution in [0.15, 0.2) is 18.3 Å². The Morgan fingerprint density at radius 3 is 3.18 bits per heavy atom. The fraction of sp³-hybridized carbons (Fsp3) is 0.571. The zero-order valence-corrected chi connectivity index (χ0v) is 10.3. The Kier molecular flexibility index (Phi) is 2.42. The Bertz CT molecular complexity index is 469. The van der Waals surface area contributed by atoms with Crippen LogP contribution in [0.3, 0.4) is 0 Å². The Balaban J connectivity index is 1.85. The van der Waals surface area contributed by atoms with Crippen molar-refractivity contribution in [2.45, 2.75) is 38.6 Å². The summed E-state index contributed by atoms with van der Waals surface area (Å²) in [5.41, 5.74) is 2.79. The maximum atomic E-state index is 11.6. The van der Waals surface area contributed by atoms with Crippen LogP contribution in [0.25, 0.3) is 0 Å². The molecule has 3 atom stereocenters. The number of nitrogens with zero attached hydrogens (tertiary/aromatic N) is 1. The van der Waals surface area contributed by atoms with Crippen LogP contribution in [0.5, 0.6) is 0 Å². The summed E-state index contributed by atoms with van der Waals surface area (Å²) in [6, 6.07) is 4.56. The van der Waals surface area contributed by atoms with E-state index in [1.54, 1.807) is 0 Å². The second-order valence-electron chi connectivity index (χ2n) is 5.07. The molecule has 0 radical (unpaired) electrons. The van der Waals surface area contributed by atoms with E-state index in [1.165, 1.54) is 17.7 Å². The van der Waals surface area contributed by atoms with Crippen molar-refractivity contribution in [3.8, 4) is 0 Å². The number of hydrogen-bond donors (Lipinski definition) is 0. The second kappa shape index (κ2) is 3.83. The molecule has 3 rings (SSSR count). The molecule has 1 aliphatic carbocycles. The fourth-order valence-electron chi connectivity index (χ4n) is 3.22. The highest BCUT2D eigenvalue weighted by Crippen LogP contribution is 2.57. The van der Waals surface area contributed by atoms with Gasteiger partial charge in [-0.05, 0) is 26.3 Å². The molecule has 0 N–H and O–H groups in total. The monoisotopic (exact) mass is 232 g/mol. The first-order valence-electron chi connectivity index (χ1n) is 6.38. The van der Waals surface area contributed by atoms with Crippen molar-refractivity contribution in [1.82, 2.24) is 0 Å². The van der Waals surface area contributed by atoms with Crippen LogP contribution >= 0.6 is 0 Å². The van der Waals surface area contributed by atoms with Gasteiger partial charge in [0.05, 0.1) is 12.5 Å². The highest BCUT2D eigenvalue weighted by atomic mass is 16.5. The van der Waals surface area contributed by atoms with E-state index < -0.39 is 0 Å². The van der Waals surface area contributed by atoms with Crippen molar-refractivity contribution in [1.29, 1.82) is 0 Å². The summed E-state index contributed by atoms with van der Waals surface area (Å²) in [4.78, 5) is 11.6. The van der Waals surface area contributed by atoms with Crippen molar-refractivity contribution < 1.29 is 14.1 Å². The Morgan fingerprint density at radius 1 is 1.59 bits per heavy atom. The molecular formula is C14H18NO2+. The van der Waals surface area contributed by atoms with Gasteiger partial charge in [0.1, 0.15) is 6.42 Å². The molecule has 1 aromatic rings. The van der Waals surface area contributed by atoms with Gasteiger partial charge < -0.3 is 4.74 Å². The molecule has 0 aromatic carbocycles. The molecule has 1 saturated carbocycles. The third-order valence-corrected chi connectivity index (χ3v) is 4.00. The number of ether oxygens (including phenoxy) is 1. The number of aryl methyl sites for hydroxylation is 1. The minimum Gasteiger partial charge on any atom is -0.466 e. The highest BCUT2D eigenvalue weighted by molar-refractivity contribution is 5.69. The number of rotatable bonds is 3. The number of hydrogen-bond acceptors (Lipinski definition) is 2. The minimum absolute atomic E-state index is 0.0648. The summed E-state index contributed by atoms with van der Waals surface area (Å²) in [6.45, 7) is 4.50. The van der Waals surface area contributed by atoms with E-state index in [2.05, 4.69) is 29.8 Å². The molecule has 0 amide bonds. The van der Waals surface area contributed by atoms with Gasteiger partial charge in [-0.2, -0.15) is 4.57 Å². The fourth-order valence-corrected chi connectivity index (χ4v) is 3.22. The Morgan fingerprint density at radius 2 is 2.41 bits per heavy atom. The van der Waals surface area contributed by atoms with Gasteiger partial charge in [-0.15, -0.1) is 0 Å². The summed E-state index contributed by atoms with van der Waals surface area (Å²) >= 11 is 0. The smallest absolute Gasteiger partial charge is 0.312 e. The summed E-state index contributed by atoms with van der Waals surface area (Å²) in [5, 5.41) is 0. The number of carbonyl (C=O) groups is 1. The van der Waals surface area contributed by atoms with Crippen molar-refractivity contribution in [2.24, 2.45) is 5.92 Å². The topological polar surface area (TPSA) is 30.2 Å². The molecule has 1 fully saturated rings. The van der Waals surface area contributed by atoms with E-state index in [9.17, 15) is 4.79 Å². The molecule has 0 saturated heterocycles. The van der Waals surface area contributed by atoms with E-state index in [0.29, 0.717) is 30.9 Å². The van der Waals surface area contributed by atoms with E-state index >= 15 is 0 Å². The van der Waals surface area contributed by atoms with Crippen LogP contribution in [-0.2, 0) is 9.53 Å². The van der Waals surface area contributed by atoms with Gasteiger partial charge in [-0.3, -0.25) is 4.79 Å². The second-order valence-corrected chi connectivity index (χ2v) is 5.07. The van der Waals surface area contributed by atoms with Crippen LogP contribution < -0.4 is 4.57 Å². The molecule has 1 aliphatic heterocycles. The van der Waals surface area contributed by atoms with Gasteiger partial charge in [0.25, 0.3) is 0 Å². The Labute approximate surface area is 101 Å². The van der Waals surface area contributed by atoms with Crippen molar-refractivity contribution in [3.63, 3.8) is 0 Å². The van der Waals surface area contributed by atoms with Crippen LogP contribution in [0.1, 0.15) is 43.0 Å². The molecule has 3 nitrogen and oxygen atoms in total. The number of aromatic nitrogens is 1. The molecule has 2 heterocycles. The third kappa shape index (κ3) is 1.65. The van der Waals surface area contributed by atoms with E-state index in [-0.39, 0.29) is 5.97 Å². The first-order valence-corrected chi connectivity index (χ1v) is 6.38. The highest BCUT2D eigenvalue weighted by Gasteiger charge is 2.60. The standard InChI is InChI=1S/C14H18NO2/c1-3-17-13(16)8-12-10-7-11(10)14-9(2)5-4-6-15(12)14/h4-6,10-12H,3,7-8H2,1-2H3/q+1. The quantitative estimate of drug-likeness (QED) is 0.588. The molecule has 17 heavy (non-hydrogen) atoms. The normalized spacial score (nSPS) is 28.5. The first-order chi connectivity index (χ1) is 8.22. The molecule has 2 aliphatic rings. The molecule has 0 spiro atoms. The van der Waals surface area contributed by atoms with E-state index in [0.717, 1.165) is 0 Å². The zero-order valence-electron chi connectivity index (χ0n) is 10.3. The molecule has 3 heteroatoms. The minimum atomic E-state index is -0.0648. The van der Waals surface area contributed by atoms with E-state index in [1.807, 2.05) is 6.92 Å². The molecule has 3 unspecified atom stereocenters. The number of carbonyl (C=O) groups excluding carboxylic acids is 1. The van der Waals surface area contributed by atoms with Gasteiger partial charge in [0.2, 0.25) is 0 Å². The number of pyridine rings is 1. The van der Waals surface area contributed by atoms with Gasteiger partial charge in [-0.1, -0.05) is 0 Å².